The summed E-state index contributed by atoms with van der Waals surface area (Å²) >= 11 is 0. The first-order valence-electron chi connectivity index (χ1n) is 7.59. The van der Waals surface area contributed by atoms with Gasteiger partial charge in [-0.15, -0.1) is 0 Å². The van der Waals surface area contributed by atoms with Crippen LogP contribution in [0.1, 0.15) is 66.7 Å². The van der Waals surface area contributed by atoms with Crippen LogP contribution in [0.5, 0.6) is 0 Å². The van der Waals surface area contributed by atoms with Crippen LogP contribution in [-0.2, 0) is 0 Å². The Labute approximate surface area is 108 Å². The Morgan fingerprint density at radius 2 is 1.24 bits per heavy atom. The van der Waals surface area contributed by atoms with Crippen LogP contribution in [0.2, 0.25) is 0 Å². The summed E-state index contributed by atoms with van der Waals surface area (Å²) in [6.45, 7) is 11.7. The minimum atomic E-state index is 0.693. The fourth-order valence-corrected chi connectivity index (χ4v) is 3.44. The van der Waals surface area contributed by atoms with E-state index in [0.29, 0.717) is 5.92 Å². The lowest BCUT2D eigenvalue weighted by molar-refractivity contribution is 0.462. The molecule has 0 aromatic carbocycles. The van der Waals surface area contributed by atoms with Crippen LogP contribution in [0, 0.1) is 17.8 Å². The quantitative estimate of drug-likeness (QED) is 0.513. The smallest absolute Gasteiger partial charge is 0.00157 e. The molecule has 0 fully saturated rings. The summed E-state index contributed by atoms with van der Waals surface area (Å²) in [6, 6.07) is 0. The molecule has 0 saturated heterocycles. The van der Waals surface area contributed by atoms with E-state index in [1.165, 1.54) is 32.1 Å². The average Bonchev–Trinajstić information content (AvgIpc) is 2.36. The molecule has 0 aromatic rings. The maximum atomic E-state index is 2.49. The lowest BCUT2D eigenvalue weighted by Gasteiger charge is -2.32. The lowest BCUT2D eigenvalue weighted by atomic mass is 9.73. The summed E-state index contributed by atoms with van der Waals surface area (Å²) in [5, 5.41) is 0. The Morgan fingerprint density at radius 3 is 1.53 bits per heavy atom. The van der Waals surface area contributed by atoms with Crippen LogP contribution < -0.4 is 0 Å². The van der Waals surface area contributed by atoms with E-state index in [1.807, 2.05) is 0 Å². The fourth-order valence-electron chi connectivity index (χ4n) is 3.44. The van der Waals surface area contributed by atoms with E-state index in [1.54, 1.807) is 11.1 Å². The number of allylic oxidation sites excluding steroid dienone is 4. The van der Waals surface area contributed by atoms with Gasteiger partial charge in [-0.1, -0.05) is 57.9 Å². The minimum absolute atomic E-state index is 0.693. The molecular formula is C17H30. The van der Waals surface area contributed by atoms with Crippen LogP contribution in [0.25, 0.3) is 0 Å². The Kier molecular flexibility index (Phi) is 6.02. The van der Waals surface area contributed by atoms with E-state index in [4.69, 9.17) is 0 Å². The topological polar surface area (TPSA) is 0 Å². The van der Waals surface area contributed by atoms with Crippen molar-refractivity contribution in [2.24, 2.45) is 17.8 Å². The number of hydrogen-bond donors (Lipinski definition) is 0. The summed E-state index contributed by atoms with van der Waals surface area (Å²) in [7, 11) is 0. The van der Waals surface area contributed by atoms with E-state index in [0.717, 1.165) is 11.8 Å². The van der Waals surface area contributed by atoms with Crippen molar-refractivity contribution >= 4 is 0 Å². The third-order valence-electron chi connectivity index (χ3n) is 4.62. The van der Waals surface area contributed by atoms with Gasteiger partial charge in [0, 0.05) is 0 Å². The van der Waals surface area contributed by atoms with Gasteiger partial charge in [-0.05, 0) is 49.9 Å². The summed E-state index contributed by atoms with van der Waals surface area (Å²) in [5.74, 6) is 2.31. The maximum Gasteiger partial charge on any atom is -0.00157 e. The molecule has 1 rings (SSSR count). The monoisotopic (exact) mass is 234 g/mol. The number of rotatable bonds is 6. The fraction of sp³-hybridized carbons (Fsp3) is 0.765. The van der Waals surface area contributed by atoms with Crippen LogP contribution in [-0.4, -0.2) is 0 Å². The molecule has 0 saturated carbocycles. The average molecular weight is 234 g/mol. The van der Waals surface area contributed by atoms with Gasteiger partial charge in [0.2, 0.25) is 0 Å². The van der Waals surface area contributed by atoms with Gasteiger partial charge in [-0.3, -0.25) is 0 Å². The standard InChI is InChI=1S/C17H30/c1-6-14(7-2)16-11-10-12-17(13(16)5)15(8-3)9-4/h11-15H,6-10H2,1-5H3. The zero-order valence-electron chi connectivity index (χ0n) is 12.4. The Balaban J connectivity index is 2.83. The van der Waals surface area contributed by atoms with Gasteiger partial charge < -0.3 is 0 Å². The van der Waals surface area contributed by atoms with Gasteiger partial charge in [0.05, 0.1) is 0 Å². The van der Waals surface area contributed by atoms with Crippen LogP contribution in [0.3, 0.4) is 0 Å². The van der Waals surface area contributed by atoms with E-state index < -0.39 is 0 Å². The third kappa shape index (κ3) is 3.24. The van der Waals surface area contributed by atoms with Crippen molar-refractivity contribution in [3.63, 3.8) is 0 Å². The maximum absolute atomic E-state index is 2.49. The first-order chi connectivity index (χ1) is 8.19. The van der Waals surface area contributed by atoms with Crippen molar-refractivity contribution in [1.29, 1.82) is 0 Å². The molecule has 1 aliphatic rings. The Hall–Kier alpha value is -0.520. The second-order valence-corrected chi connectivity index (χ2v) is 5.39. The predicted octanol–water partition coefficient (Wildman–Crippen LogP) is 5.75. The van der Waals surface area contributed by atoms with Crippen molar-refractivity contribution in [2.75, 3.05) is 0 Å². The molecule has 0 unspecified atom stereocenters. The molecule has 0 nitrogen and oxygen atoms in total. The molecule has 17 heavy (non-hydrogen) atoms. The van der Waals surface area contributed by atoms with E-state index in [-0.39, 0.29) is 0 Å². The SMILES string of the molecule is CCC(CC)C1=CCC=C(C(CC)CC)C1C. The van der Waals surface area contributed by atoms with Crippen molar-refractivity contribution in [2.45, 2.75) is 66.7 Å². The number of hydrogen-bond acceptors (Lipinski definition) is 0. The van der Waals surface area contributed by atoms with Gasteiger partial charge in [0.15, 0.2) is 0 Å². The molecule has 0 bridgehead atoms. The molecule has 0 amide bonds. The highest BCUT2D eigenvalue weighted by Gasteiger charge is 2.25. The molecule has 0 aliphatic heterocycles. The van der Waals surface area contributed by atoms with Crippen molar-refractivity contribution in [1.82, 2.24) is 0 Å². The zero-order valence-corrected chi connectivity index (χ0v) is 12.4. The van der Waals surface area contributed by atoms with Crippen LogP contribution in [0.4, 0.5) is 0 Å². The second-order valence-electron chi connectivity index (χ2n) is 5.39. The van der Waals surface area contributed by atoms with Gasteiger partial charge in [0.1, 0.15) is 0 Å². The first-order valence-corrected chi connectivity index (χ1v) is 7.59. The highest BCUT2D eigenvalue weighted by atomic mass is 14.3. The van der Waals surface area contributed by atoms with E-state index >= 15 is 0 Å². The molecule has 0 heteroatoms. The molecular weight excluding hydrogens is 204 g/mol. The summed E-state index contributed by atoms with van der Waals surface area (Å²) in [4.78, 5) is 0. The summed E-state index contributed by atoms with van der Waals surface area (Å²) in [6.07, 6.45) is 11.3. The van der Waals surface area contributed by atoms with Crippen molar-refractivity contribution in [3.05, 3.63) is 23.3 Å². The zero-order chi connectivity index (χ0) is 12.8. The van der Waals surface area contributed by atoms with Crippen molar-refractivity contribution in [3.8, 4) is 0 Å². The highest BCUT2D eigenvalue weighted by molar-refractivity contribution is 5.29. The molecule has 0 spiro atoms. The van der Waals surface area contributed by atoms with Crippen LogP contribution >= 0.6 is 0 Å². The summed E-state index contributed by atoms with van der Waals surface area (Å²) in [5.41, 5.74) is 3.44. The Morgan fingerprint density at radius 1 is 0.882 bits per heavy atom. The van der Waals surface area contributed by atoms with Gasteiger partial charge in [-0.2, -0.15) is 0 Å². The third-order valence-corrected chi connectivity index (χ3v) is 4.62. The minimum Gasteiger partial charge on any atom is -0.0807 e. The largest absolute Gasteiger partial charge is 0.0807 e. The summed E-state index contributed by atoms with van der Waals surface area (Å²) < 4.78 is 0. The van der Waals surface area contributed by atoms with Gasteiger partial charge >= 0.3 is 0 Å². The van der Waals surface area contributed by atoms with E-state index in [2.05, 4.69) is 46.8 Å². The molecule has 0 heterocycles. The molecule has 0 radical (unpaired) electrons. The highest BCUT2D eigenvalue weighted by Crippen LogP contribution is 2.38. The molecule has 0 aromatic heterocycles. The molecule has 98 valence electrons. The Bertz CT molecular complexity index is 246. The van der Waals surface area contributed by atoms with Gasteiger partial charge in [-0.25, -0.2) is 0 Å². The normalized spacial score (nSPS) is 17.6. The first kappa shape index (κ1) is 14.5. The molecule has 0 N–H and O–H groups in total. The van der Waals surface area contributed by atoms with Crippen molar-refractivity contribution < 1.29 is 0 Å². The lowest BCUT2D eigenvalue weighted by Crippen LogP contribution is -2.19. The van der Waals surface area contributed by atoms with Crippen LogP contribution in [0.15, 0.2) is 23.3 Å². The molecule has 1 aliphatic carbocycles. The van der Waals surface area contributed by atoms with Gasteiger partial charge in [0.25, 0.3) is 0 Å². The molecule has 0 atom stereocenters. The second kappa shape index (κ2) is 7.03. The van der Waals surface area contributed by atoms with E-state index in [9.17, 15) is 0 Å². The predicted molar refractivity (Wildman–Crippen MR) is 78.1 cm³/mol.